The molecule has 2 aromatic carbocycles. The molecule has 0 saturated carbocycles. The molecule has 4 N–H and O–H groups in total. The summed E-state index contributed by atoms with van der Waals surface area (Å²) in [6.07, 6.45) is 9.69. The molecule has 0 unspecified atom stereocenters. The Morgan fingerprint density at radius 1 is 0.595 bits per heavy atom. The number of aliphatic imine (C=N–C) groups is 2. The summed E-state index contributed by atoms with van der Waals surface area (Å²) in [4.78, 5) is 14.0. The third-order valence-electron chi connectivity index (χ3n) is 6.92. The molecular formula is C30H47ClN6. The summed E-state index contributed by atoms with van der Waals surface area (Å²) in [6.45, 7) is 10.0. The minimum absolute atomic E-state index is 0. The third kappa shape index (κ3) is 9.92. The van der Waals surface area contributed by atoms with Crippen LogP contribution in [0.4, 0.5) is 11.4 Å². The quantitative estimate of drug-likeness (QED) is 0.179. The standard InChI is InChI=1S/C30H46N6.ClH/c1-3-5-7-9-19-33-29(31)25-11-15-27(16-12-25)35-21-23-36(24-22-35)28-17-13-26(14-18-28)30(32)34-20-10-8-6-4-2;/h11-18H,3-10,19-24H2,1-2H3,(H2,31,33)(H2,32,34);1H. The number of rotatable bonds is 14. The topological polar surface area (TPSA) is 83.2 Å². The normalized spacial score (nSPS) is 14.5. The zero-order valence-electron chi connectivity index (χ0n) is 22.9. The maximum absolute atomic E-state index is 6.21. The minimum atomic E-state index is 0. The van der Waals surface area contributed by atoms with Crippen LogP contribution < -0.4 is 21.3 Å². The molecule has 1 fully saturated rings. The molecule has 0 aromatic heterocycles. The van der Waals surface area contributed by atoms with Gasteiger partial charge in [0.05, 0.1) is 0 Å². The first-order valence-corrected chi connectivity index (χ1v) is 13.9. The highest BCUT2D eigenvalue weighted by Gasteiger charge is 2.18. The van der Waals surface area contributed by atoms with Gasteiger partial charge < -0.3 is 21.3 Å². The summed E-state index contributed by atoms with van der Waals surface area (Å²) in [5.74, 6) is 1.29. The summed E-state index contributed by atoms with van der Waals surface area (Å²) < 4.78 is 0. The lowest BCUT2D eigenvalue weighted by Gasteiger charge is -2.37. The van der Waals surface area contributed by atoms with Crippen molar-refractivity contribution in [3.8, 4) is 0 Å². The van der Waals surface area contributed by atoms with Crippen molar-refractivity contribution < 1.29 is 0 Å². The molecule has 3 rings (SSSR count). The number of benzene rings is 2. The molecule has 1 heterocycles. The van der Waals surface area contributed by atoms with E-state index in [9.17, 15) is 0 Å². The van der Waals surface area contributed by atoms with Gasteiger partial charge in [0.25, 0.3) is 0 Å². The Bertz CT molecular complexity index is 868. The number of halogens is 1. The van der Waals surface area contributed by atoms with Crippen LogP contribution in [0, 0.1) is 0 Å². The molecule has 37 heavy (non-hydrogen) atoms. The van der Waals surface area contributed by atoms with Gasteiger partial charge in [-0.2, -0.15) is 0 Å². The average molecular weight is 527 g/mol. The smallest absolute Gasteiger partial charge is 0.125 e. The van der Waals surface area contributed by atoms with Gasteiger partial charge in [-0.1, -0.05) is 52.4 Å². The van der Waals surface area contributed by atoms with E-state index in [1.165, 1.54) is 49.9 Å². The first-order valence-electron chi connectivity index (χ1n) is 13.9. The van der Waals surface area contributed by atoms with E-state index in [4.69, 9.17) is 11.5 Å². The minimum Gasteiger partial charge on any atom is -0.384 e. The van der Waals surface area contributed by atoms with Crippen LogP contribution >= 0.6 is 12.4 Å². The van der Waals surface area contributed by atoms with Gasteiger partial charge in [-0.15, -0.1) is 12.4 Å². The maximum atomic E-state index is 6.21. The summed E-state index contributed by atoms with van der Waals surface area (Å²) in [6, 6.07) is 17.1. The second kappa shape index (κ2) is 16.9. The van der Waals surface area contributed by atoms with Gasteiger partial charge in [0, 0.05) is 61.8 Å². The fraction of sp³-hybridized carbons (Fsp3) is 0.533. The van der Waals surface area contributed by atoms with Crippen LogP contribution in [0.15, 0.2) is 58.5 Å². The van der Waals surface area contributed by atoms with Crippen molar-refractivity contribution in [1.29, 1.82) is 0 Å². The van der Waals surface area contributed by atoms with Crippen LogP contribution in [0.5, 0.6) is 0 Å². The van der Waals surface area contributed by atoms with Crippen LogP contribution in [0.1, 0.15) is 76.3 Å². The monoisotopic (exact) mass is 526 g/mol. The Kier molecular flexibility index (Phi) is 13.9. The number of unbranched alkanes of at least 4 members (excludes halogenated alkanes) is 6. The summed E-state index contributed by atoms with van der Waals surface area (Å²) >= 11 is 0. The van der Waals surface area contributed by atoms with Gasteiger partial charge in [0.1, 0.15) is 11.7 Å². The second-order valence-electron chi connectivity index (χ2n) is 9.72. The predicted molar refractivity (Wildman–Crippen MR) is 164 cm³/mol. The van der Waals surface area contributed by atoms with E-state index in [-0.39, 0.29) is 12.4 Å². The van der Waals surface area contributed by atoms with Crippen LogP contribution in [-0.2, 0) is 0 Å². The van der Waals surface area contributed by atoms with Crippen molar-refractivity contribution >= 4 is 35.5 Å². The first kappa shape index (κ1) is 30.5. The van der Waals surface area contributed by atoms with E-state index >= 15 is 0 Å². The Hall–Kier alpha value is -2.73. The zero-order chi connectivity index (χ0) is 25.6. The van der Waals surface area contributed by atoms with Crippen LogP contribution in [-0.4, -0.2) is 50.9 Å². The molecule has 0 radical (unpaired) electrons. The molecule has 204 valence electrons. The highest BCUT2D eigenvalue weighted by molar-refractivity contribution is 5.98. The van der Waals surface area contributed by atoms with Gasteiger partial charge in [-0.05, 0) is 61.4 Å². The predicted octanol–water partition coefficient (Wildman–Crippen LogP) is 6.01. The Morgan fingerprint density at radius 2 is 0.946 bits per heavy atom. The zero-order valence-corrected chi connectivity index (χ0v) is 23.7. The number of piperazine rings is 1. The van der Waals surface area contributed by atoms with E-state index in [1.54, 1.807) is 0 Å². The molecule has 1 aliphatic heterocycles. The lowest BCUT2D eigenvalue weighted by atomic mass is 10.1. The molecule has 0 atom stereocenters. The molecule has 7 heteroatoms. The Balaban J connectivity index is 0.00000481. The molecule has 0 bridgehead atoms. The Morgan fingerprint density at radius 3 is 1.27 bits per heavy atom. The number of hydrogen-bond donors (Lipinski definition) is 2. The number of nitrogens with zero attached hydrogens (tertiary/aromatic N) is 4. The van der Waals surface area contributed by atoms with Gasteiger partial charge in [-0.25, -0.2) is 0 Å². The van der Waals surface area contributed by atoms with Gasteiger partial charge in [0.15, 0.2) is 0 Å². The van der Waals surface area contributed by atoms with Gasteiger partial charge in [0.2, 0.25) is 0 Å². The first-order chi connectivity index (χ1) is 17.6. The van der Waals surface area contributed by atoms with E-state index in [2.05, 4.69) is 82.2 Å². The highest BCUT2D eigenvalue weighted by Crippen LogP contribution is 2.22. The van der Waals surface area contributed by atoms with Crippen LogP contribution in [0.3, 0.4) is 0 Å². The van der Waals surface area contributed by atoms with Crippen molar-refractivity contribution in [3.05, 3.63) is 59.7 Å². The molecule has 6 nitrogen and oxygen atoms in total. The second-order valence-corrected chi connectivity index (χ2v) is 9.72. The largest absolute Gasteiger partial charge is 0.384 e. The van der Waals surface area contributed by atoms with Crippen LogP contribution in [0.25, 0.3) is 0 Å². The number of anilines is 2. The highest BCUT2D eigenvalue weighted by atomic mass is 35.5. The third-order valence-corrected chi connectivity index (χ3v) is 6.92. The van der Waals surface area contributed by atoms with Crippen molar-refractivity contribution in [2.75, 3.05) is 49.1 Å². The number of hydrogen-bond acceptors (Lipinski definition) is 4. The maximum Gasteiger partial charge on any atom is 0.125 e. The molecule has 2 aromatic rings. The molecule has 0 amide bonds. The molecule has 0 aliphatic carbocycles. The molecule has 1 aliphatic rings. The fourth-order valence-electron chi connectivity index (χ4n) is 4.57. The Labute approximate surface area is 230 Å². The van der Waals surface area contributed by atoms with Gasteiger partial charge in [-0.3, -0.25) is 9.98 Å². The van der Waals surface area contributed by atoms with E-state index < -0.39 is 0 Å². The number of nitrogens with two attached hydrogens (primary N) is 2. The molecule has 0 spiro atoms. The van der Waals surface area contributed by atoms with Crippen LogP contribution in [0.2, 0.25) is 0 Å². The van der Waals surface area contributed by atoms with E-state index in [0.717, 1.165) is 63.2 Å². The molecular weight excluding hydrogens is 480 g/mol. The fourth-order valence-corrected chi connectivity index (χ4v) is 4.57. The summed E-state index contributed by atoms with van der Waals surface area (Å²) in [7, 11) is 0. The van der Waals surface area contributed by atoms with Crippen molar-refractivity contribution in [3.63, 3.8) is 0 Å². The van der Waals surface area contributed by atoms with Crippen molar-refractivity contribution in [1.82, 2.24) is 0 Å². The lowest BCUT2D eigenvalue weighted by Crippen LogP contribution is -2.46. The number of amidine groups is 2. The van der Waals surface area contributed by atoms with E-state index in [0.29, 0.717) is 11.7 Å². The SMILES string of the molecule is CCCCCCN=C(N)c1ccc(N2CCN(c3ccc(C(N)=NCCCCCC)cc3)CC2)cc1.Cl. The summed E-state index contributed by atoms with van der Waals surface area (Å²) in [5.41, 5.74) is 16.9. The van der Waals surface area contributed by atoms with Crippen molar-refractivity contribution in [2.24, 2.45) is 21.5 Å². The van der Waals surface area contributed by atoms with E-state index in [1.807, 2.05) is 0 Å². The summed E-state index contributed by atoms with van der Waals surface area (Å²) in [5, 5.41) is 0. The lowest BCUT2D eigenvalue weighted by molar-refractivity contribution is 0.653. The van der Waals surface area contributed by atoms with Gasteiger partial charge >= 0.3 is 0 Å². The molecule has 1 saturated heterocycles. The van der Waals surface area contributed by atoms with Crippen molar-refractivity contribution in [2.45, 2.75) is 65.2 Å². The average Bonchev–Trinajstić information content (AvgIpc) is 2.93.